The van der Waals surface area contributed by atoms with Crippen LogP contribution in [-0.4, -0.2) is 9.91 Å². The number of pyridine rings is 1. The molecule has 0 spiro atoms. The van der Waals surface area contributed by atoms with Crippen LogP contribution in [-0.2, 0) is 6.61 Å². The molecule has 2 aromatic rings. The van der Waals surface area contributed by atoms with Crippen molar-refractivity contribution >= 4 is 17.3 Å². The number of nitro benzene ring substituents is 1. The maximum absolute atomic E-state index is 12.9. The van der Waals surface area contributed by atoms with Crippen molar-refractivity contribution in [1.29, 1.82) is 0 Å². The number of halogens is 2. The highest BCUT2D eigenvalue weighted by Gasteiger charge is 2.16. The van der Waals surface area contributed by atoms with E-state index in [9.17, 15) is 14.5 Å². The monoisotopic (exact) mass is 282 g/mol. The summed E-state index contributed by atoms with van der Waals surface area (Å²) in [6, 6.07) is 6.29. The molecule has 1 aromatic heterocycles. The highest BCUT2D eigenvalue weighted by Crippen LogP contribution is 2.28. The summed E-state index contributed by atoms with van der Waals surface area (Å²) in [5, 5.41) is 11.2. The van der Waals surface area contributed by atoms with Gasteiger partial charge in [-0.1, -0.05) is 11.6 Å². The van der Waals surface area contributed by atoms with E-state index in [1.54, 1.807) is 12.1 Å². The zero-order valence-electron chi connectivity index (χ0n) is 9.55. The van der Waals surface area contributed by atoms with E-state index in [0.29, 0.717) is 10.7 Å². The lowest BCUT2D eigenvalue weighted by Crippen LogP contribution is -2.01. The van der Waals surface area contributed by atoms with Crippen LogP contribution in [0.3, 0.4) is 0 Å². The number of nitro groups is 1. The molecule has 0 bridgehead atoms. The molecule has 0 fully saturated rings. The van der Waals surface area contributed by atoms with Gasteiger partial charge in [0.05, 0.1) is 16.7 Å². The van der Waals surface area contributed by atoms with E-state index in [0.717, 1.165) is 12.1 Å². The van der Waals surface area contributed by atoms with Gasteiger partial charge in [0.15, 0.2) is 5.75 Å². The van der Waals surface area contributed by atoms with E-state index in [4.69, 9.17) is 16.3 Å². The summed E-state index contributed by atoms with van der Waals surface area (Å²) >= 11 is 5.78. The fourth-order valence-electron chi connectivity index (χ4n) is 1.43. The van der Waals surface area contributed by atoms with Crippen molar-refractivity contribution in [3.63, 3.8) is 0 Å². The minimum Gasteiger partial charge on any atom is -0.480 e. The summed E-state index contributed by atoms with van der Waals surface area (Å²) in [6.07, 6.45) is 1.50. The molecule has 1 aromatic carbocycles. The lowest BCUT2D eigenvalue weighted by molar-refractivity contribution is -0.386. The third kappa shape index (κ3) is 3.38. The zero-order chi connectivity index (χ0) is 13.8. The van der Waals surface area contributed by atoms with Crippen molar-refractivity contribution in [2.75, 3.05) is 0 Å². The molecule has 0 aliphatic rings. The molecule has 2 rings (SSSR count). The van der Waals surface area contributed by atoms with Crippen LogP contribution >= 0.6 is 11.6 Å². The number of rotatable bonds is 4. The molecule has 0 saturated carbocycles. The number of aromatic nitrogens is 1. The first-order valence-electron chi connectivity index (χ1n) is 5.23. The van der Waals surface area contributed by atoms with Crippen LogP contribution in [0.5, 0.6) is 5.75 Å². The van der Waals surface area contributed by atoms with Crippen molar-refractivity contribution in [3.05, 3.63) is 63.2 Å². The quantitative estimate of drug-likeness (QED) is 0.637. The van der Waals surface area contributed by atoms with E-state index in [1.807, 2.05) is 0 Å². The van der Waals surface area contributed by atoms with Gasteiger partial charge in [-0.25, -0.2) is 4.39 Å². The minimum atomic E-state index is -0.705. The Morgan fingerprint density at radius 2 is 2.16 bits per heavy atom. The Kier molecular flexibility index (Phi) is 3.91. The van der Waals surface area contributed by atoms with Crippen molar-refractivity contribution in [3.8, 4) is 5.75 Å². The standard InChI is InChI=1S/C12H8ClFN2O3/c13-8-3-4-15-10(5-8)7-19-12-2-1-9(14)6-11(12)16(17)18/h1-6H,7H2. The van der Waals surface area contributed by atoms with Crippen LogP contribution < -0.4 is 4.74 Å². The fourth-order valence-corrected chi connectivity index (χ4v) is 1.62. The van der Waals surface area contributed by atoms with Crippen molar-refractivity contribution < 1.29 is 14.1 Å². The summed E-state index contributed by atoms with van der Waals surface area (Å²) in [4.78, 5) is 14.1. The Bertz CT molecular complexity index is 622. The molecule has 0 atom stereocenters. The van der Waals surface area contributed by atoms with E-state index in [2.05, 4.69) is 4.98 Å². The summed E-state index contributed by atoms with van der Waals surface area (Å²) in [6.45, 7) is 0.00698. The normalized spacial score (nSPS) is 10.2. The van der Waals surface area contributed by atoms with Crippen molar-refractivity contribution in [2.45, 2.75) is 6.61 Å². The number of nitrogens with zero attached hydrogens (tertiary/aromatic N) is 2. The van der Waals surface area contributed by atoms with Crippen LogP contribution in [0.2, 0.25) is 5.02 Å². The molecule has 19 heavy (non-hydrogen) atoms. The molecule has 5 nitrogen and oxygen atoms in total. The van der Waals surface area contributed by atoms with Gasteiger partial charge >= 0.3 is 5.69 Å². The smallest absolute Gasteiger partial charge is 0.313 e. The van der Waals surface area contributed by atoms with Crippen LogP contribution in [0.25, 0.3) is 0 Å². The van der Waals surface area contributed by atoms with E-state index < -0.39 is 16.4 Å². The number of ether oxygens (including phenoxy) is 1. The first kappa shape index (κ1) is 13.2. The van der Waals surface area contributed by atoms with Gasteiger partial charge in [0.1, 0.15) is 12.4 Å². The second kappa shape index (κ2) is 5.62. The molecular weight excluding hydrogens is 275 g/mol. The highest BCUT2D eigenvalue weighted by molar-refractivity contribution is 6.30. The molecule has 0 aliphatic carbocycles. The van der Waals surface area contributed by atoms with E-state index in [-0.39, 0.29) is 12.4 Å². The topological polar surface area (TPSA) is 65.3 Å². The van der Waals surface area contributed by atoms with Gasteiger partial charge in [0, 0.05) is 11.2 Å². The summed E-state index contributed by atoms with van der Waals surface area (Å²) < 4.78 is 18.2. The first-order chi connectivity index (χ1) is 9.06. The van der Waals surface area contributed by atoms with Gasteiger partial charge in [0.25, 0.3) is 0 Å². The van der Waals surface area contributed by atoms with Crippen molar-refractivity contribution in [2.24, 2.45) is 0 Å². The van der Waals surface area contributed by atoms with Gasteiger partial charge in [-0.3, -0.25) is 15.1 Å². The third-order valence-electron chi connectivity index (χ3n) is 2.27. The molecule has 0 unspecified atom stereocenters. The number of hydrogen-bond acceptors (Lipinski definition) is 4. The molecule has 0 N–H and O–H groups in total. The summed E-state index contributed by atoms with van der Waals surface area (Å²) in [5.74, 6) is -0.715. The Hall–Kier alpha value is -2.21. The average molecular weight is 283 g/mol. The lowest BCUT2D eigenvalue weighted by Gasteiger charge is -2.06. The first-order valence-corrected chi connectivity index (χ1v) is 5.61. The van der Waals surface area contributed by atoms with Gasteiger partial charge in [-0.05, 0) is 24.3 Å². The third-order valence-corrected chi connectivity index (χ3v) is 2.51. The summed E-state index contributed by atoms with van der Waals surface area (Å²) in [7, 11) is 0. The van der Waals surface area contributed by atoms with Crippen LogP contribution in [0.4, 0.5) is 10.1 Å². The van der Waals surface area contributed by atoms with Crippen LogP contribution in [0.1, 0.15) is 5.69 Å². The van der Waals surface area contributed by atoms with Gasteiger partial charge in [-0.15, -0.1) is 0 Å². The van der Waals surface area contributed by atoms with Crippen molar-refractivity contribution in [1.82, 2.24) is 4.98 Å². The zero-order valence-corrected chi connectivity index (χ0v) is 10.3. The minimum absolute atomic E-state index is 0.00698. The summed E-state index contributed by atoms with van der Waals surface area (Å²) in [5.41, 5.74) is 0.0909. The predicted octanol–water partition coefficient (Wildman–Crippen LogP) is 3.36. The maximum Gasteiger partial charge on any atom is 0.313 e. The Morgan fingerprint density at radius 3 is 2.84 bits per heavy atom. The molecular formula is C12H8ClFN2O3. The SMILES string of the molecule is O=[N+]([O-])c1cc(F)ccc1OCc1cc(Cl)ccn1. The molecule has 0 aliphatic heterocycles. The molecule has 0 radical (unpaired) electrons. The Balaban J connectivity index is 2.17. The Labute approximate surface area is 112 Å². The second-order valence-corrected chi connectivity index (χ2v) is 4.06. The molecule has 98 valence electrons. The second-order valence-electron chi connectivity index (χ2n) is 3.62. The molecule has 7 heteroatoms. The fraction of sp³-hybridized carbons (Fsp3) is 0.0833. The van der Waals surface area contributed by atoms with Crippen LogP contribution in [0.15, 0.2) is 36.5 Å². The molecule has 0 saturated heterocycles. The average Bonchev–Trinajstić information content (AvgIpc) is 2.37. The predicted molar refractivity (Wildman–Crippen MR) is 66.6 cm³/mol. The molecule has 1 heterocycles. The Morgan fingerprint density at radius 1 is 1.37 bits per heavy atom. The van der Waals surface area contributed by atoms with Gasteiger partial charge in [-0.2, -0.15) is 0 Å². The lowest BCUT2D eigenvalue weighted by atomic mass is 10.3. The van der Waals surface area contributed by atoms with Gasteiger partial charge < -0.3 is 4.74 Å². The number of hydrogen-bond donors (Lipinski definition) is 0. The van der Waals surface area contributed by atoms with E-state index >= 15 is 0 Å². The maximum atomic E-state index is 12.9. The van der Waals surface area contributed by atoms with E-state index in [1.165, 1.54) is 12.3 Å². The van der Waals surface area contributed by atoms with Gasteiger partial charge in [0.2, 0.25) is 0 Å². The molecule has 0 amide bonds. The van der Waals surface area contributed by atoms with Crippen LogP contribution in [0, 0.1) is 15.9 Å². The number of benzene rings is 1. The highest BCUT2D eigenvalue weighted by atomic mass is 35.5. The largest absolute Gasteiger partial charge is 0.480 e.